The van der Waals surface area contributed by atoms with Gasteiger partial charge in [-0.05, 0) is 36.8 Å². The lowest BCUT2D eigenvalue weighted by Crippen LogP contribution is -2.31. The van der Waals surface area contributed by atoms with Crippen molar-refractivity contribution >= 4 is 0 Å². The van der Waals surface area contributed by atoms with E-state index in [9.17, 15) is 5.11 Å². The number of β-amino-alcohol motifs (C(OH)–C–C–N with tert-alkyl or cyclic N) is 1. The van der Waals surface area contributed by atoms with Gasteiger partial charge in [0, 0.05) is 19.1 Å². The van der Waals surface area contributed by atoms with E-state index in [2.05, 4.69) is 36.1 Å². The summed E-state index contributed by atoms with van der Waals surface area (Å²) < 4.78 is 0. The summed E-state index contributed by atoms with van der Waals surface area (Å²) in [6, 6.07) is 9.27. The van der Waals surface area contributed by atoms with Crippen LogP contribution in [0.5, 0.6) is 0 Å². The molecule has 2 heteroatoms. The first-order valence-corrected chi connectivity index (χ1v) is 6.77. The van der Waals surface area contributed by atoms with Gasteiger partial charge in [0.05, 0.1) is 0 Å². The molecule has 1 aromatic carbocycles. The van der Waals surface area contributed by atoms with Gasteiger partial charge in [0.2, 0.25) is 0 Å². The number of aryl methyl sites for hydroxylation is 1. The van der Waals surface area contributed by atoms with Crippen LogP contribution in [0, 0.1) is 0 Å². The lowest BCUT2D eigenvalue weighted by atomic mass is 9.92. The third-order valence-electron chi connectivity index (χ3n) is 4.24. The molecule has 1 saturated carbocycles. The van der Waals surface area contributed by atoms with Crippen molar-refractivity contribution in [3.05, 3.63) is 35.4 Å². The van der Waals surface area contributed by atoms with E-state index in [-0.39, 0.29) is 0 Å². The zero-order chi connectivity index (χ0) is 11.9. The number of benzene rings is 1. The van der Waals surface area contributed by atoms with Gasteiger partial charge in [-0.1, -0.05) is 31.2 Å². The summed E-state index contributed by atoms with van der Waals surface area (Å²) in [7, 11) is 0. The van der Waals surface area contributed by atoms with Gasteiger partial charge in [-0.15, -0.1) is 0 Å². The topological polar surface area (TPSA) is 23.5 Å². The smallest absolute Gasteiger partial charge is 0.103 e. The molecule has 1 unspecified atom stereocenters. The summed E-state index contributed by atoms with van der Waals surface area (Å²) in [5, 5.41) is 10.7. The minimum absolute atomic E-state index is 0.602. The Morgan fingerprint density at radius 1 is 1.29 bits per heavy atom. The maximum absolute atomic E-state index is 10.7. The molecular formula is C15H21NO. The quantitative estimate of drug-likeness (QED) is 0.863. The highest BCUT2D eigenvalue weighted by Crippen LogP contribution is 2.38. The maximum Gasteiger partial charge on any atom is 0.103 e. The van der Waals surface area contributed by atoms with E-state index in [4.69, 9.17) is 0 Å². The van der Waals surface area contributed by atoms with Crippen molar-refractivity contribution < 1.29 is 5.11 Å². The van der Waals surface area contributed by atoms with E-state index < -0.39 is 5.60 Å². The second-order valence-corrected chi connectivity index (χ2v) is 5.53. The fourth-order valence-corrected chi connectivity index (χ4v) is 2.86. The van der Waals surface area contributed by atoms with Crippen LogP contribution in [0.1, 0.15) is 37.3 Å². The third kappa shape index (κ3) is 2.12. The Kier molecular flexibility index (Phi) is 2.72. The molecule has 0 spiro atoms. The van der Waals surface area contributed by atoms with Crippen LogP contribution >= 0.6 is 0 Å². The Balaban J connectivity index is 1.77. The van der Waals surface area contributed by atoms with Crippen LogP contribution in [0.2, 0.25) is 0 Å². The van der Waals surface area contributed by atoms with Gasteiger partial charge < -0.3 is 5.11 Å². The summed E-state index contributed by atoms with van der Waals surface area (Å²) in [6.07, 6.45) is 4.59. The fourth-order valence-electron chi connectivity index (χ4n) is 2.86. The van der Waals surface area contributed by atoms with Crippen molar-refractivity contribution in [3.8, 4) is 0 Å². The number of hydrogen-bond acceptors (Lipinski definition) is 2. The highest BCUT2D eigenvalue weighted by Gasteiger charge is 2.42. The second kappa shape index (κ2) is 4.11. The van der Waals surface area contributed by atoms with Crippen LogP contribution in [0.3, 0.4) is 0 Å². The van der Waals surface area contributed by atoms with Crippen molar-refractivity contribution in [2.75, 3.05) is 13.1 Å². The van der Waals surface area contributed by atoms with Gasteiger partial charge in [-0.25, -0.2) is 0 Å². The largest absolute Gasteiger partial charge is 0.384 e. The van der Waals surface area contributed by atoms with Crippen LogP contribution < -0.4 is 0 Å². The van der Waals surface area contributed by atoms with E-state index >= 15 is 0 Å². The van der Waals surface area contributed by atoms with Crippen LogP contribution in [0.4, 0.5) is 0 Å². The summed E-state index contributed by atoms with van der Waals surface area (Å²) in [5.74, 6) is 0. The Morgan fingerprint density at radius 2 is 2.00 bits per heavy atom. The lowest BCUT2D eigenvalue weighted by Gasteiger charge is -2.24. The monoisotopic (exact) mass is 231 g/mol. The molecule has 2 fully saturated rings. The van der Waals surface area contributed by atoms with Gasteiger partial charge in [0.1, 0.15) is 5.60 Å². The van der Waals surface area contributed by atoms with Gasteiger partial charge >= 0.3 is 0 Å². The van der Waals surface area contributed by atoms with Crippen LogP contribution in [0.25, 0.3) is 0 Å². The van der Waals surface area contributed by atoms with E-state index in [0.29, 0.717) is 0 Å². The minimum Gasteiger partial charge on any atom is -0.384 e. The molecular weight excluding hydrogens is 210 g/mol. The molecule has 1 aromatic rings. The highest BCUT2D eigenvalue weighted by atomic mass is 16.3. The van der Waals surface area contributed by atoms with Crippen LogP contribution in [-0.4, -0.2) is 29.1 Å². The van der Waals surface area contributed by atoms with Crippen molar-refractivity contribution in [3.63, 3.8) is 0 Å². The van der Waals surface area contributed by atoms with E-state index in [1.807, 2.05) is 0 Å². The number of hydrogen-bond donors (Lipinski definition) is 1. The Bertz CT molecular complexity index is 396. The number of likely N-dealkylation sites (tertiary alicyclic amines) is 1. The summed E-state index contributed by atoms with van der Waals surface area (Å²) >= 11 is 0. The van der Waals surface area contributed by atoms with Gasteiger partial charge in [-0.3, -0.25) is 4.90 Å². The van der Waals surface area contributed by atoms with E-state index in [1.54, 1.807) is 0 Å². The molecule has 92 valence electrons. The molecule has 1 atom stereocenters. The summed E-state index contributed by atoms with van der Waals surface area (Å²) in [6.45, 7) is 4.04. The first-order chi connectivity index (χ1) is 8.21. The Morgan fingerprint density at radius 3 is 2.59 bits per heavy atom. The van der Waals surface area contributed by atoms with Gasteiger partial charge in [0.15, 0.2) is 0 Å². The number of rotatable bonds is 3. The normalized spacial score (nSPS) is 29.8. The molecule has 1 N–H and O–H groups in total. The van der Waals surface area contributed by atoms with Crippen molar-refractivity contribution in [1.82, 2.24) is 4.90 Å². The minimum atomic E-state index is -0.602. The standard InChI is InChI=1S/C15H21NO/c1-2-12-3-5-13(6-4-12)15(17)9-10-16(11-15)14-7-8-14/h3-6,14,17H,2,7-11H2,1H3. The number of aliphatic hydroxyl groups is 1. The van der Waals surface area contributed by atoms with Crippen LogP contribution in [0.15, 0.2) is 24.3 Å². The SMILES string of the molecule is CCc1ccc(C2(O)CCN(C3CC3)C2)cc1. The fraction of sp³-hybridized carbons (Fsp3) is 0.600. The Hall–Kier alpha value is -0.860. The average molecular weight is 231 g/mol. The summed E-state index contributed by atoms with van der Waals surface area (Å²) in [4.78, 5) is 2.45. The zero-order valence-electron chi connectivity index (χ0n) is 10.5. The molecule has 1 aliphatic carbocycles. The molecule has 0 aromatic heterocycles. The van der Waals surface area contributed by atoms with E-state index in [1.165, 1.54) is 18.4 Å². The molecule has 0 radical (unpaired) electrons. The molecule has 1 aliphatic heterocycles. The van der Waals surface area contributed by atoms with Gasteiger partial charge in [-0.2, -0.15) is 0 Å². The van der Waals surface area contributed by atoms with Crippen molar-refractivity contribution in [2.24, 2.45) is 0 Å². The highest BCUT2D eigenvalue weighted by molar-refractivity contribution is 5.28. The van der Waals surface area contributed by atoms with E-state index in [0.717, 1.165) is 37.5 Å². The molecule has 2 aliphatic rings. The lowest BCUT2D eigenvalue weighted by molar-refractivity contribution is 0.0452. The predicted molar refractivity (Wildman–Crippen MR) is 68.9 cm³/mol. The van der Waals surface area contributed by atoms with Crippen molar-refractivity contribution in [2.45, 2.75) is 44.2 Å². The Labute approximate surface area is 103 Å². The van der Waals surface area contributed by atoms with Gasteiger partial charge in [0.25, 0.3) is 0 Å². The molecule has 1 saturated heterocycles. The molecule has 1 heterocycles. The molecule has 3 rings (SSSR count). The van der Waals surface area contributed by atoms with Crippen molar-refractivity contribution in [1.29, 1.82) is 0 Å². The average Bonchev–Trinajstić information content (AvgIpc) is 3.13. The van der Waals surface area contributed by atoms with Crippen LogP contribution in [-0.2, 0) is 12.0 Å². The summed E-state index contributed by atoms with van der Waals surface area (Å²) in [5.41, 5.74) is 1.83. The zero-order valence-corrected chi connectivity index (χ0v) is 10.5. The number of nitrogens with zero attached hydrogens (tertiary/aromatic N) is 1. The second-order valence-electron chi connectivity index (χ2n) is 5.53. The first kappa shape index (κ1) is 11.2. The molecule has 0 amide bonds. The molecule has 0 bridgehead atoms. The first-order valence-electron chi connectivity index (χ1n) is 6.77. The molecule has 2 nitrogen and oxygen atoms in total. The molecule has 17 heavy (non-hydrogen) atoms. The third-order valence-corrected chi connectivity index (χ3v) is 4.24. The predicted octanol–water partition coefficient (Wildman–Crippen LogP) is 2.30. The maximum atomic E-state index is 10.7.